The highest BCUT2D eigenvalue weighted by Gasteiger charge is 2.21. The van der Waals surface area contributed by atoms with Crippen LogP contribution in [0.5, 0.6) is 5.75 Å². The third-order valence-corrected chi connectivity index (χ3v) is 7.20. The average molecular weight is 517 g/mol. The summed E-state index contributed by atoms with van der Waals surface area (Å²) < 4.78 is 5.73. The number of amides is 1. The SMILES string of the molecule is N#Cc1nccc(NC2CCN(Cc3ccc(-c4cc5c(cc4-c4ccccc4)NC(=O)CO5)cc3)CC2)n1. The maximum atomic E-state index is 11.9. The van der Waals surface area contributed by atoms with Crippen molar-refractivity contribution in [2.45, 2.75) is 25.4 Å². The summed E-state index contributed by atoms with van der Waals surface area (Å²) in [5.74, 6) is 1.45. The van der Waals surface area contributed by atoms with E-state index in [9.17, 15) is 4.79 Å². The van der Waals surface area contributed by atoms with Crippen molar-refractivity contribution in [1.29, 1.82) is 5.26 Å². The third kappa shape index (κ3) is 5.59. The van der Waals surface area contributed by atoms with Crippen LogP contribution in [0, 0.1) is 11.3 Å². The molecule has 2 aliphatic heterocycles. The number of carbonyl (C=O) groups is 1. The number of hydrogen-bond donors (Lipinski definition) is 2. The number of ether oxygens (including phenoxy) is 1. The van der Waals surface area contributed by atoms with E-state index in [1.165, 1.54) is 5.56 Å². The van der Waals surface area contributed by atoms with Crippen LogP contribution in [-0.2, 0) is 11.3 Å². The summed E-state index contributed by atoms with van der Waals surface area (Å²) in [6.45, 7) is 2.90. The minimum absolute atomic E-state index is 0.0300. The van der Waals surface area contributed by atoms with Crippen LogP contribution in [0.4, 0.5) is 11.5 Å². The molecule has 2 aliphatic rings. The van der Waals surface area contributed by atoms with Gasteiger partial charge in [0.1, 0.15) is 17.6 Å². The van der Waals surface area contributed by atoms with Gasteiger partial charge in [-0.15, -0.1) is 0 Å². The van der Waals surface area contributed by atoms with Crippen LogP contribution in [0.15, 0.2) is 79.0 Å². The number of benzene rings is 3. The molecule has 0 radical (unpaired) electrons. The number of fused-ring (bicyclic) bond motifs is 1. The summed E-state index contributed by atoms with van der Waals surface area (Å²) >= 11 is 0. The zero-order chi connectivity index (χ0) is 26.6. The highest BCUT2D eigenvalue weighted by Crippen LogP contribution is 2.41. The van der Waals surface area contributed by atoms with Crippen molar-refractivity contribution in [1.82, 2.24) is 14.9 Å². The molecule has 3 heterocycles. The Morgan fingerprint density at radius 2 is 1.74 bits per heavy atom. The number of anilines is 2. The maximum absolute atomic E-state index is 11.9. The normalized spacial score (nSPS) is 15.5. The Balaban J connectivity index is 1.14. The highest BCUT2D eigenvalue weighted by atomic mass is 16.5. The zero-order valence-electron chi connectivity index (χ0n) is 21.4. The standard InChI is InChI=1S/C31H28N6O2/c32-18-30-33-13-10-29(36-30)34-24-11-14-37(15-12-24)19-21-6-8-23(9-7-21)26-17-28-27(35-31(38)20-39-28)16-25(26)22-4-2-1-3-5-22/h1-10,13,16-17,24H,11-12,14-15,19-20H2,(H,35,38)(H,33,34,36). The second-order valence-electron chi connectivity index (χ2n) is 9.87. The smallest absolute Gasteiger partial charge is 0.262 e. The van der Waals surface area contributed by atoms with Gasteiger partial charge in [-0.05, 0) is 58.9 Å². The first-order valence-electron chi connectivity index (χ1n) is 13.1. The van der Waals surface area contributed by atoms with Gasteiger partial charge >= 0.3 is 0 Å². The number of rotatable bonds is 6. The van der Waals surface area contributed by atoms with Gasteiger partial charge in [0.2, 0.25) is 5.82 Å². The predicted octanol–water partition coefficient (Wildman–Crippen LogP) is 5.09. The molecule has 0 unspecified atom stereocenters. The number of likely N-dealkylation sites (tertiary alicyclic amines) is 1. The maximum Gasteiger partial charge on any atom is 0.262 e. The van der Waals surface area contributed by atoms with Crippen molar-refractivity contribution < 1.29 is 9.53 Å². The Bertz CT molecular complexity index is 1520. The molecule has 1 fully saturated rings. The van der Waals surface area contributed by atoms with Gasteiger partial charge in [0.15, 0.2) is 6.61 Å². The van der Waals surface area contributed by atoms with Gasteiger partial charge < -0.3 is 15.4 Å². The molecule has 2 N–H and O–H groups in total. The Kier molecular flexibility index (Phi) is 6.89. The van der Waals surface area contributed by atoms with Crippen LogP contribution in [0.2, 0.25) is 0 Å². The molecule has 1 amide bonds. The van der Waals surface area contributed by atoms with Crippen molar-refractivity contribution in [3.05, 3.63) is 90.4 Å². The largest absolute Gasteiger partial charge is 0.482 e. The lowest BCUT2D eigenvalue weighted by Crippen LogP contribution is -2.38. The first kappa shape index (κ1) is 24.6. The number of nitrogens with zero attached hydrogens (tertiary/aromatic N) is 4. The van der Waals surface area contributed by atoms with Crippen LogP contribution < -0.4 is 15.4 Å². The zero-order valence-corrected chi connectivity index (χ0v) is 21.4. The topological polar surface area (TPSA) is 103 Å². The van der Waals surface area contributed by atoms with E-state index >= 15 is 0 Å². The summed E-state index contributed by atoms with van der Waals surface area (Å²) in [4.78, 5) is 22.5. The van der Waals surface area contributed by atoms with E-state index in [0.717, 1.165) is 54.7 Å². The number of hydrogen-bond acceptors (Lipinski definition) is 7. The highest BCUT2D eigenvalue weighted by molar-refractivity contribution is 5.98. The van der Waals surface area contributed by atoms with Crippen molar-refractivity contribution in [3.8, 4) is 34.1 Å². The van der Waals surface area contributed by atoms with Gasteiger partial charge in [0, 0.05) is 31.9 Å². The van der Waals surface area contributed by atoms with Gasteiger partial charge in [-0.3, -0.25) is 9.69 Å². The van der Waals surface area contributed by atoms with Crippen LogP contribution in [0.25, 0.3) is 22.3 Å². The molecule has 0 saturated carbocycles. The molecular formula is C31H28N6O2. The van der Waals surface area contributed by atoms with E-state index in [4.69, 9.17) is 10.00 Å². The lowest BCUT2D eigenvalue weighted by atomic mass is 9.92. The number of nitriles is 1. The molecule has 0 bridgehead atoms. The van der Waals surface area contributed by atoms with E-state index in [-0.39, 0.29) is 18.3 Å². The van der Waals surface area contributed by atoms with E-state index < -0.39 is 0 Å². The van der Waals surface area contributed by atoms with Crippen LogP contribution in [-0.4, -0.2) is 46.5 Å². The summed E-state index contributed by atoms with van der Waals surface area (Å²) in [5, 5.41) is 15.4. The molecular weight excluding hydrogens is 488 g/mol. The van der Waals surface area contributed by atoms with Crippen LogP contribution in [0.1, 0.15) is 24.2 Å². The molecule has 3 aromatic carbocycles. The van der Waals surface area contributed by atoms with Crippen molar-refractivity contribution in [3.63, 3.8) is 0 Å². The van der Waals surface area contributed by atoms with E-state index in [1.54, 1.807) is 6.20 Å². The predicted molar refractivity (Wildman–Crippen MR) is 150 cm³/mol. The van der Waals surface area contributed by atoms with Crippen molar-refractivity contribution in [2.75, 3.05) is 30.3 Å². The first-order chi connectivity index (χ1) is 19.1. The molecule has 0 spiro atoms. The van der Waals surface area contributed by atoms with Gasteiger partial charge in [0.25, 0.3) is 5.91 Å². The van der Waals surface area contributed by atoms with E-state index in [2.05, 4.69) is 61.9 Å². The Hall–Kier alpha value is -4.74. The summed E-state index contributed by atoms with van der Waals surface area (Å²) in [6.07, 6.45) is 3.64. The monoisotopic (exact) mass is 516 g/mol. The number of aromatic nitrogens is 2. The van der Waals surface area contributed by atoms with Gasteiger partial charge in [0.05, 0.1) is 5.69 Å². The fourth-order valence-corrected chi connectivity index (χ4v) is 5.21. The quantitative estimate of drug-likeness (QED) is 0.368. The van der Waals surface area contributed by atoms with Gasteiger partial charge in [-0.25, -0.2) is 9.97 Å². The molecule has 8 nitrogen and oxygen atoms in total. The molecule has 8 heteroatoms. The molecule has 39 heavy (non-hydrogen) atoms. The number of nitrogens with one attached hydrogen (secondary N) is 2. The summed E-state index contributed by atoms with van der Waals surface area (Å²) in [5.41, 5.74) is 6.27. The van der Waals surface area contributed by atoms with Gasteiger partial charge in [-0.1, -0.05) is 54.6 Å². The Morgan fingerprint density at radius 3 is 2.51 bits per heavy atom. The number of carbonyl (C=O) groups excluding carboxylic acids is 1. The molecule has 6 rings (SSSR count). The summed E-state index contributed by atoms with van der Waals surface area (Å²) in [7, 11) is 0. The van der Waals surface area contributed by atoms with E-state index in [1.807, 2.05) is 42.5 Å². The second kappa shape index (κ2) is 10.9. The third-order valence-electron chi connectivity index (χ3n) is 7.20. The first-order valence-corrected chi connectivity index (χ1v) is 13.1. The lowest BCUT2D eigenvalue weighted by molar-refractivity contribution is -0.118. The van der Waals surface area contributed by atoms with Crippen molar-refractivity contribution >= 4 is 17.4 Å². The Morgan fingerprint density at radius 1 is 1.00 bits per heavy atom. The molecule has 0 aliphatic carbocycles. The van der Waals surface area contributed by atoms with Crippen molar-refractivity contribution in [2.24, 2.45) is 0 Å². The lowest BCUT2D eigenvalue weighted by Gasteiger charge is -2.32. The number of piperidine rings is 1. The minimum atomic E-state index is -0.138. The average Bonchev–Trinajstić information content (AvgIpc) is 2.98. The minimum Gasteiger partial charge on any atom is -0.482 e. The molecule has 1 saturated heterocycles. The molecule has 4 aromatic rings. The van der Waals surface area contributed by atoms with Crippen LogP contribution in [0.3, 0.4) is 0 Å². The Labute approximate surface area is 227 Å². The fraction of sp³-hybridized carbons (Fsp3) is 0.226. The second-order valence-corrected chi connectivity index (χ2v) is 9.87. The van der Waals surface area contributed by atoms with Gasteiger partial charge in [-0.2, -0.15) is 5.26 Å². The molecule has 194 valence electrons. The summed E-state index contributed by atoms with van der Waals surface area (Å²) in [6, 6.07) is 27.1. The van der Waals surface area contributed by atoms with E-state index in [0.29, 0.717) is 23.3 Å². The molecule has 0 atom stereocenters. The van der Waals surface area contributed by atoms with Crippen LogP contribution >= 0.6 is 0 Å². The molecule has 1 aromatic heterocycles. The fourth-order valence-electron chi connectivity index (χ4n) is 5.21.